The quantitative estimate of drug-likeness (QED) is 0.415. The molecule has 2 aromatic carbocycles. The standard InChI is InChI=1S/C19H22ClN3O7S/c1-4-22(5-2)31(27,28)14-7-9-18(16(11-14)23(25)26)30-12-19(24)21-15-10-13(20)6-8-17(15)29-3/h6-11H,4-5,12H2,1-3H3,(H,21,24). The monoisotopic (exact) mass is 471 g/mol. The van der Waals surface area contributed by atoms with Crippen LogP contribution in [0.5, 0.6) is 11.5 Å². The molecule has 2 aromatic rings. The number of amides is 1. The highest BCUT2D eigenvalue weighted by atomic mass is 35.5. The van der Waals surface area contributed by atoms with E-state index in [1.54, 1.807) is 26.0 Å². The number of anilines is 1. The van der Waals surface area contributed by atoms with E-state index in [1.807, 2.05) is 0 Å². The van der Waals surface area contributed by atoms with Gasteiger partial charge >= 0.3 is 5.69 Å². The molecule has 0 heterocycles. The number of benzene rings is 2. The van der Waals surface area contributed by atoms with Gasteiger partial charge in [-0.2, -0.15) is 4.31 Å². The number of nitro benzene ring substituents is 1. The number of rotatable bonds is 10. The summed E-state index contributed by atoms with van der Waals surface area (Å²) in [5.41, 5.74) is -0.264. The topological polar surface area (TPSA) is 128 Å². The SMILES string of the molecule is CCN(CC)S(=O)(=O)c1ccc(OCC(=O)Nc2cc(Cl)ccc2OC)c([N+](=O)[O-])c1. The first-order valence-electron chi connectivity index (χ1n) is 9.18. The van der Waals surface area contributed by atoms with Crippen molar-refractivity contribution in [3.05, 3.63) is 51.5 Å². The second kappa shape index (κ2) is 10.4. The van der Waals surface area contributed by atoms with Crippen LogP contribution < -0.4 is 14.8 Å². The first-order valence-corrected chi connectivity index (χ1v) is 11.0. The van der Waals surface area contributed by atoms with Crippen molar-refractivity contribution in [3.63, 3.8) is 0 Å². The average molecular weight is 472 g/mol. The van der Waals surface area contributed by atoms with Crippen LogP contribution in [0.15, 0.2) is 41.3 Å². The third-order valence-corrected chi connectivity index (χ3v) is 6.55. The van der Waals surface area contributed by atoms with Crippen molar-refractivity contribution >= 4 is 38.9 Å². The molecule has 0 aromatic heterocycles. The molecule has 2 rings (SSSR count). The molecule has 0 saturated carbocycles. The summed E-state index contributed by atoms with van der Waals surface area (Å²) in [6, 6.07) is 7.91. The Balaban J connectivity index is 2.21. The molecular weight excluding hydrogens is 450 g/mol. The van der Waals surface area contributed by atoms with Crippen LogP contribution in [0.4, 0.5) is 11.4 Å². The van der Waals surface area contributed by atoms with Gasteiger partial charge in [0.25, 0.3) is 5.91 Å². The van der Waals surface area contributed by atoms with Gasteiger partial charge in [-0.3, -0.25) is 14.9 Å². The Bertz CT molecular complexity index is 1070. The van der Waals surface area contributed by atoms with Crippen molar-refractivity contribution in [2.24, 2.45) is 0 Å². The van der Waals surface area contributed by atoms with Crippen LogP contribution in [0.2, 0.25) is 5.02 Å². The molecule has 0 spiro atoms. The maximum absolute atomic E-state index is 12.6. The Morgan fingerprint density at radius 1 is 1.16 bits per heavy atom. The Morgan fingerprint density at radius 2 is 1.81 bits per heavy atom. The molecule has 0 bridgehead atoms. The van der Waals surface area contributed by atoms with Crippen molar-refractivity contribution in [3.8, 4) is 11.5 Å². The molecule has 0 saturated heterocycles. The van der Waals surface area contributed by atoms with Gasteiger partial charge in [-0.25, -0.2) is 8.42 Å². The van der Waals surface area contributed by atoms with Gasteiger partial charge in [-0.1, -0.05) is 25.4 Å². The van der Waals surface area contributed by atoms with E-state index in [2.05, 4.69) is 5.32 Å². The first kappa shape index (κ1) is 24.4. The number of nitro groups is 1. The van der Waals surface area contributed by atoms with Gasteiger partial charge in [0.05, 0.1) is 22.6 Å². The summed E-state index contributed by atoms with van der Waals surface area (Å²) in [5.74, 6) is -0.485. The molecule has 1 amide bonds. The molecule has 12 heteroatoms. The van der Waals surface area contributed by atoms with Crippen molar-refractivity contribution in [1.82, 2.24) is 4.31 Å². The van der Waals surface area contributed by atoms with Gasteiger partial charge in [-0.05, 0) is 30.3 Å². The number of carbonyl (C=O) groups excluding carboxylic acids is 1. The van der Waals surface area contributed by atoms with E-state index < -0.39 is 33.1 Å². The third-order valence-electron chi connectivity index (χ3n) is 4.26. The molecule has 168 valence electrons. The number of nitrogens with zero attached hydrogens (tertiary/aromatic N) is 2. The highest BCUT2D eigenvalue weighted by Crippen LogP contribution is 2.31. The summed E-state index contributed by atoms with van der Waals surface area (Å²) in [5, 5.41) is 14.4. The number of sulfonamides is 1. The van der Waals surface area contributed by atoms with E-state index in [0.29, 0.717) is 16.5 Å². The van der Waals surface area contributed by atoms with Crippen molar-refractivity contribution < 1.29 is 27.6 Å². The van der Waals surface area contributed by atoms with Crippen LogP contribution in [-0.2, 0) is 14.8 Å². The number of ether oxygens (including phenoxy) is 2. The highest BCUT2D eigenvalue weighted by molar-refractivity contribution is 7.89. The third kappa shape index (κ3) is 5.84. The number of nitrogens with one attached hydrogen (secondary N) is 1. The number of carbonyl (C=O) groups is 1. The zero-order valence-corrected chi connectivity index (χ0v) is 18.7. The Labute approximate surface area is 184 Å². The summed E-state index contributed by atoms with van der Waals surface area (Å²) in [4.78, 5) is 22.7. The molecule has 10 nitrogen and oxygen atoms in total. The fraction of sp³-hybridized carbons (Fsp3) is 0.316. The lowest BCUT2D eigenvalue weighted by Gasteiger charge is -2.18. The summed E-state index contributed by atoms with van der Waals surface area (Å²) in [7, 11) is -2.47. The summed E-state index contributed by atoms with van der Waals surface area (Å²) in [6.07, 6.45) is 0. The summed E-state index contributed by atoms with van der Waals surface area (Å²) >= 11 is 5.91. The smallest absolute Gasteiger partial charge is 0.312 e. The van der Waals surface area contributed by atoms with Gasteiger partial charge in [0, 0.05) is 24.2 Å². The molecule has 0 unspecified atom stereocenters. The molecule has 0 aliphatic heterocycles. The van der Waals surface area contributed by atoms with Crippen molar-refractivity contribution in [2.75, 3.05) is 32.1 Å². The summed E-state index contributed by atoms with van der Waals surface area (Å²) < 4.78 is 36.8. The molecule has 1 N–H and O–H groups in total. The minimum Gasteiger partial charge on any atom is -0.495 e. The van der Waals surface area contributed by atoms with Crippen LogP contribution in [-0.4, -0.2) is 50.4 Å². The number of hydrogen-bond donors (Lipinski definition) is 1. The summed E-state index contributed by atoms with van der Waals surface area (Å²) in [6.45, 7) is 3.22. The van der Waals surface area contributed by atoms with Crippen LogP contribution in [0.25, 0.3) is 0 Å². The molecule has 0 aliphatic carbocycles. The number of hydrogen-bond acceptors (Lipinski definition) is 7. The van der Waals surface area contributed by atoms with Gasteiger partial charge in [0.1, 0.15) is 5.75 Å². The fourth-order valence-corrected chi connectivity index (χ4v) is 4.39. The van der Waals surface area contributed by atoms with E-state index in [9.17, 15) is 23.3 Å². The predicted octanol–water partition coefficient (Wildman–Crippen LogP) is 3.30. The zero-order valence-electron chi connectivity index (χ0n) is 17.1. The molecular formula is C19H22ClN3O7S. The molecule has 0 aliphatic rings. The van der Waals surface area contributed by atoms with Gasteiger partial charge in [-0.15, -0.1) is 0 Å². The highest BCUT2D eigenvalue weighted by Gasteiger charge is 2.26. The lowest BCUT2D eigenvalue weighted by atomic mass is 10.3. The minimum absolute atomic E-state index is 0.220. The largest absolute Gasteiger partial charge is 0.495 e. The van der Waals surface area contributed by atoms with E-state index >= 15 is 0 Å². The van der Waals surface area contributed by atoms with E-state index in [-0.39, 0.29) is 23.7 Å². The first-order chi connectivity index (χ1) is 14.6. The van der Waals surface area contributed by atoms with Gasteiger partial charge in [0.15, 0.2) is 12.4 Å². The second-order valence-corrected chi connectivity index (χ2v) is 8.53. The predicted molar refractivity (Wildman–Crippen MR) is 115 cm³/mol. The number of halogens is 1. The maximum atomic E-state index is 12.6. The van der Waals surface area contributed by atoms with Crippen LogP contribution in [0.3, 0.4) is 0 Å². The second-order valence-electron chi connectivity index (χ2n) is 6.16. The molecule has 0 atom stereocenters. The molecule has 31 heavy (non-hydrogen) atoms. The lowest BCUT2D eigenvalue weighted by molar-refractivity contribution is -0.386. The Morgan fingerprint density at radius 3 is 2.39 bits per heavy atom. The number of methoxy groups -OCH3 is 1. The van der Waals surface area contributed by atoms with Gasteiger partial charge in [0.2, 0.25) is 10.0 Å². The van der Waals surface area contributed by atoms with Crippen LogP contribution in [0, 0.1) is 10.1 Å². The Kier molecular flexibility index (Phi) is 8.20. The van der Waals surface area contributed by atoms with E-state index in [4.69, 9.17) is 21.1 Å². The average Bonchev–Trinajstić information content (AvgIpc) is 2.73. The van der Waals surface area contributed by atoms with Crippen LogP contribution in [0.1, 0.15) is 13.8 Å². The lowest BCUT2D eigenvalue weighted by Crippen LogP contribution is -2.30. The normalized spacial score (nSPS) is 11.3. The minimum atomic E-state index is -3.89. The van der Waals surface area contributed by atoms with Gasteiger partial charge < -0.3 is 14.8 Å². The van der Waals surface area contributed by atoms with Crippen LogP contribution >= 0.6 is 11.6 Å². The van der Waals surface area contributed by atoms with Crippen molar-refractivity contribution in [2.45, 2.75) is 18.7 Å². The van der Waals surface area contributed by atoms with Crippen molar-refractivity contribution in [1.29, 1.82) is 0 Å². The molecule has 0 fully saturated rings. The Hall–Kier alpha value is -2.89. The maximum Gasteiger partial charge on any atom is 0.312 e. The van der Waals surface area contributed by atoms with E-state index in [1.165, 1.54) is 23.5 Å². The fourth-order valence-electron chi connectivity index (χ4n) is 2.74. The van der Waals surface area contributed by atoms with E-state index in [0.717, 1.165) is 12.1 Å². The zero-order chi connectivity index (χ0) is 23.2. The molecule has 0 radical (unpaired) electrons.